The van der Waals surface area contributed by atoms with Crippen LogP contribution in [0.1, 0.15) is 0 Å². The maximum Gasteiger partial charge on any atom is 0.0701 e. The molecule has 0 unspecified atom stereocenters. The third-order valence-corrected chi connectivity index (χ3v) is 1.51. The SMILES string of the molecule is O.[Fe].c1ccc2ncccc2c1. The molecule has 0 aliphatic carbocycles. The first-order chi connectivity index (χ1) is 4.97. The Labute approximate surface area is 81.4 Å². The number of nitrogens with zero attached hydrogens (tertiary/aromatic N) is 1. The first-order valence-electron chi connectivity index (χ1n) is 3.26. The van der Waals surface area contributed by atoms with E-state index in [1.165, 1.54) is 5.39 Å². The third-order valence-electron chi connectivity index (χ3n) is 1.51. The molecule has 1 heterocycles. The van der Waals surface area contributed by atoms with Crippen molar-refractivity contribution < 1.29 is 22.5 Å². The van der Waals surface area contributed by atoms with E-state index in [0.717, 1.165) is 5.52 Å². The maximum atomic E-state index is 4.18. The Balaban J connectivity index is 0.000000605. The van der Waals surface area contributed by atoms with Crippen LogP contribution >= 0.6 is 0 Å². The third kappa shape index (κ3) is 2.05. The molecule has 3 heteroatoms. The van der Waals surface area contributed by atoms with E-state index >= 15 is 0 Å². The summed E-state index contributed by atoms with van der Waals surface area (Å²) in [4.78, 5) is 4.18. The van der Waals surface area contributed by atoms with Gasteiger partial charge in [0.15, 0.2) is 0 Å². The molecular formula is C9H9FeNO. The molecule has 2 rings (SSSR count). The minimum atomic E-state index is 0. The molecule has 0 amide bonds. The summed E-state index contributed by atoms with van der Waals surface area (Å²) in [6.07, 6.45) is 1.81. The summed E-state index contributed by atoms with van der Waals surface area (Å²) in [5.74, 6) is 0. The van der Waals surface area contributed by atoms with Crippen LogP contribution in [0, 0.1) is 0 Å². The average molecular weight is 203 g/mol. The van der Waals surface area contributed by atoms with Crippen molar-refractivity contribution in [2.24, 2.45) is 0 Å². The number of rotatable bonds is 0. The number of benzene rings is 1. The molecule has 0 saturated heterocycles. The van der Waals surface area contributed by atoms with Gasteiger partial charge in [-0.25, -0.2) is 0 Å². The Morgan fingerprint density at radius 2 is 1.58 bits per heavy atom. The fraction of sp³-hybridized carbons (Fsp3) is 0. The van der Waals surface area contributed by atoms with Gasteiger partial charge in [-0.3, -0.25) is 4.98 Å². The second-order valence-electron chi connectivity index (χ2n) is 2.20. The summed E-state index contributed by atoms with van der Waals surface area (Å²) in [5, 5.41) is 1.20. The number of para-hydroxylation sites is 1. The van der Waals surface area contributed by atoms with Gasteiger partial charge in [0.2, 0.25) is 0 Å². The van der Waals surface area contributed by atoms with E-state index in [4.69, 9.17) is 0 Å². The molecule has 0 radical (unpaired) electrons. The van der Waals surface area contributed by atoms with E-state index in [0.29, 0.717) is 0 Å². The Morgan fingerprint density at radius 1 is 0.917 bits per heavy atom. The smallest absolute Gasteiger partial charge is 0.0701 e. The standard InChI is InChI=1S/C9H7N.Fe.H2O/c1-2-6-9-8(4-1)5-3-7-10-9;;/h1-7H;;1H2. The van der Waals surface area contributed by atoms with Crippen LogP contribution in [0.15, 0.2) is 42.6 Å². The minimum Gasteiger partial charge on any atom is -0.412 e. The zero-order chi connectivity index (χ0) is 6.81. The van der Waals surface area contributed by atoms with Crippen LogP contribution < -0.4 is 0 Å². The van der Waals surface area contributed by atoms with Crippen molar-refractivity contribution in [2.45, 2.75) is 0 Å². The van der Waals surface area contributed by atoms with Gasteiger partial charge in [0.25, 0.3) is 0 Å². The van der Waals surface area contributed by atoms with E-state index in [1.54, 1.807) is 0 Å². The van der Waals surface area contributed by atoms with Crippen molar-refractivity contribution in [1.82, 2.24) is 4.98 Å². The van der Waals surface area contributed by atoms with E-state index in [-0.39, 0.29) is 22.5 Å². The molecule has 0 aliphatic rings. The van der Waals surface area contributed by atoms with Gasteiger partial charge in [-0.1, -0.05) is 24.3 Å². The Morgan fingerprint density at radius 3 is 2.33 bits per heavy atom. The van der Waals surface area contributed by atoms with Crippen molar-refractivity contribution >= 4 is 10.9 Å². The van der Waals surface area contributed by atoms with Crippen molar-refractivity contribution in [3.8, 4) is 0 Å². The first kappa shape index (κ1) is 11.1. The largest absolute Gasteiger partial charge is 0.412 e. The summed E-state index contributed by atoms with van der Waals surface area (Å²) in [7, 11) is 0. The van der Waals surface area contributed by atoms with Gasteiger partial charge in [-0.2, -0.15) is 0 Å². The topological polar surface area (TPSA) is 44.4 Å². The molecule has 0 spiro atoms. The Hall–Kier alpha value is -0.891. The Bertz CT molecular complexity index is 286. The van der Waals surface area contributed by atoms with Gasteiger partial charge in [0.1, 0.15) is 0 Å². The molecule has 0 bridgehead atoms. The van der Waals surface area contributed by atoms with Gasteiger partial charge >= 0.3 is 0 Å². The number of hydrogen-bond donors (Lipinski definition) is 0. The molecule has 64 valence electrons. The summed E-state index contributed by atoms with van der Waals surface area (Å²) in [6, 6.07) is 12.1. The quantitative estimate of drug-likeness (QED) is 0.597. The van der Waals surface area contributed by atoms with Crippen LogP contribution in [0.3, 0.4) is 0 Å². The van der Waals surface area contributed by atoms with Crippen LogP contribution in [0.4, 0.5) is 0 Å². The van der Waals surface area contributed by atoms with E-state index in [9.17, 15) is 0 Å². The number of aromatic nitrogens is 1. The van der Waals surface area contributed by atoms with Crippen LogP contribution in [-0.2, 0) is 17.1 Å². The number of hydrogen-bond acceptors (Lipinski definition) is 1. The predicted octanol–water partition coefficient (Wildman–Crippen LogP) is 1.41. The molecular weight excluding hydrogens is 194 g/mol. The molecule has 1 aromatic heterocycles. The monoisotopic (exact) mass is 203 g/mol. The van der Waals surface area contributed by atoms with Gasteiger partial charge in [0, 0.05) is 28.7 Å². The maximum absolute atomic E-state index is 4.18. The fourth-order valence-electron chi connectivity index (χ4n) is 1.02. The first-order valence-corrected chi connectivity index (χ1v) is 3.26. The summed E-state index contributed by atoms with van der Waals surface area (Å²) in [5.41, 5.74) is 1.06. The molecule has 1 aromatic carbocycles. The second kappa shape index (κ2) is 4.88. The molecule has 2 N–H and O–H groups in total. The fourth-order valence-corrected chi connectivity index (χ4v) is 1.02. The van der Waals surface area contributed by atoms with Crippen molar-refractivity contribution in [1.29, 1.82) is 0 Å². The zero-order valence-electron chi connectivity index (χ0n) is 6.34. The van der Waals surface area contributed by atoms with Crippen LogP contribution in [0.5, 0.6) is 0 Å². The number of pyridine rings is 1. The molecule has 0 fully saturated rings. The van der Waals surface area contributed by atoms with Crippen LogP contribution in [-0.4, -0.2) is 10.5 Å². The van der Waals surface area contributed by atoms with Gasteiger partial charge in [0.05, 0.1) is 5.52 Å². The van der Waals surface area contributed by atoms with Gasteiger partial charge in [-0.05, 0) is 12.1 Å². The molecule has 2 nitrogen and oxygen atoms in total. The zero-order valence-corrected chi connectivity index (χ0v) is 7.45. The van der Waals surface area contributed by atoms with E-state index < -0.39 is 0 Å². The van der Waals surface area contributed by atoms with Crippen molar-refractivity contribution in [3.05, 3.63) is 42.6 Å². The van der Waals surface area contributed by atoms with E-state index in [2.05, 4.69) is 17.1 Å². The van der Waals surface area contributed by atoms with E-state index in [1.807, 2.05) is 30.5 Å². The molecule has 2 aromatic rings. The molecule has 0 atom stereocenters. The van der Waals surface area contributed by atoms with Gasteiger partial charge in [-0.15, -0.1) is 0 Å². The normalized spacial score (nSPS) is 8.33. The molecule has 12 heavy (non-hydrogen) atoms. The second-order valence-corrected chi connectivity index (χ2v) is 2.20. The molecule has 0 saturated carbocycles. The van der Waals surface area contributed by atoms with Crippen molar-refractivity contribution in [3.63, 3.8) is 0 Å². The molecule has 0 aliphatic heterocycles. The summed E-state index contributed by atoms with van der Waals surface area (Å²) in [6.45, 7) is 0. The van der Waals surface area contributed by atoms with Crippen LogP contribution in [0.2, 0.25) is 0 Å². The predicted molar refractivity (Wildman–Crippen MR) is 45.4 cm³/mol. The average Bonchev–Trinajstić information content (AvgIpc) is 2.05. The number of fused-ring (bicyclic) bond motifs is 1. The minimum absolute atomic E-state index is 0. The summed E-state index contributed by atoms with van der Waals surface area (Å²) < 4.78 is 0. The Kier molecular flexibility index (Phi) is 4.52. The van der Waals surface area contributed by atoms with Gasteiger partial charge < -0.3 is 5.48 Å². The summed E-state index contributed by atoms with van der Waals surface area (Å²) >= 11 is 0. The van der Waals surface area contributed by atoms with Crippen LogP contribution in [0.25, 0.3) is 10.9 Å². The van der Waals surface area contributed by atoms with Crippen molar-refractivity contribution in [2.75, 3.05) is 0 Å².